The molecule has 0 aliphatic rings. The van der Waals surface area contributed by atoms with Gasteiger partial charge in [-0.25, -0.2) is 0 Å². The summed E-state index contributed by atoms with van der Waals surface area (Å²) in [4.78, 5) is 1.97. The van der Waals surface area contributed by atoms with E-state index in [-0.39, 0.29) is 0 Å². The van der Waals surface area contributed by atoms with Crippen LogP contribution in [0.4, 0.5) is 0 Å². The van der Waals surface area contributed by atoms with Gasteiger partial charge in [-0.1, -0.05) is 75.0 Å². The van der Waals surface area contributed by atoms with Crippen LogP contribution in [0.2, 0.25) is 0 Å². The third-order valence-corrected chi connectivity index (χ3v) is 3.37. The Morgan fingerprint density at radius 2 is 1.88 bits per heavy atom. The fraction of sp³-hybridized carbons (Fsp3) is 0. The Bertz CT molecular complexity index is 576. The van der Waals surface area contributed by atoms with Gasteiger partial charge in [0, 0.05) is 9.80 Å². The van der Waals surface area contributed by atoms with E-state index in [1.807, 2.05) is 30.4 Å². The minimum absolute atomic E-state index is 0.878. The molecular weight excluding hydrogens is 224 g/mol. The van der Waals surface area contributed by atoms with Crippen molar-refractivity contribution in [3.05, 3.63) is 77.1 Å². The van der Waals surface area contributed by atoms with E-state index in [2.05, 4.69) is 32.9 Å². The van der Waals surface area contributed by atoms with Crippen LogP contribution >= 0.6 is 11.8 Å². The Hall–Kier alpha value is -1.73. The predicted octanol–water partition coefficient (Wildman–Crippen LogP) is 3.41. The molecule has 0 aliphatic heterocycles. The standard InChI is InChI=1S/C16H16S/c1-6-7-9-13(3)15(5)17-16-11-8-10-12(2)14(16)4/h6-11H,1-5H2/b9-7-. The molecule has 1 rings (SSSR count). The summed E-state index contributed by atoms with van der Waals surface area (Å²) in [5.74, 6) is 0. The van der Waals surface area contributed by atoms with Crippen LogP contribution in [0.1, 0.15) is 0 Å². The highest BCUT2D eigenvalue weighted by molar-refractivity contribution is 8.03. The van der Waals surface area contributed by atoms with Crippen molar-refractivity contribution in [2.45, 2.75) is 4.90 Å². The van der Waals surface area contributed by atoms with Gasteiger partial charge in [-0.05, 0) is 22.1 Å². The third kappa shape index (κ3) is 3.65. The van der Waals surface area contributed by atoms with Gasteiger partial charge in [0.2, 0.25) is 0 Å². The molecule has 0 saturated heterocycles. The summed E-state index contributed by atoms with van der Waals surface area (Å²) in [6.45, 7) is 19.5. The number of hydrogen-bond donors (Lipinski definition) is 0. The first-order valence-electron chi connectivity index (χ1n) is 5.18. The van der Waals surface area contributed by atoms with Gasteiger partial charge in [0.1, 0.15) is 0 Å². The molecule has 0 heterocycles. The third-order valence-electron chi connectivity index (χ3n) is 2.25. The molecule has 0 unspecified atom stereocenters. The van der Waals surface area contributed by atoms with Crippen molar-refractivity contribution in [2.75, 3.05) is 0 Å². The van der Waals surface area contributed by atoms with Gasteiger partial charge in [0.05, 0.1) is 0 Å². The average molecular weight is 240 g/mol. The van der Waals surface area contributed by atoms with E-state index < -0.39 is 0 Å². The molecule has 1 heteroatoms. The van der Waals surface area contributed by atoms with Gasteiger partial charge in [-0.2, -0.15) is 0 Å². The first-order valence-corrected chi connectivity index (χ1v) is 6.00. The highest BCUT2D eigenvalue weighted by Crippen LogP contribution is 2.27. The Kier molecular flexibility index (Phi) is 4.80. The van der Waals surface area contributed by atoms with Crippen molar-refractivity contribution < 1.29 is 0 Å². The maximum absolute atomic E-state index is 4.01. The maximum Gasteiger partial charge on any atom is 0.0194 e. The zero-order chi connectivity index (χ0) is 12.8. The quantitative estimate of drug-likeness (QED) is 0.561. The molecule has 1 aromatic rings. The molecule has 0 bridgehead atoms. The minimum atomic E-state index is 0.878. The molecule has 86 valence electrons. The molecule has 0 N–H and O–H groups in total. The zero-order valence-corrected chi connectivity index (χ0v) is 10.7. The lowest BCUT2D eigenvalue weighted by Gasteiger charge is -2.05. The van der Waals surface area contributed by atoms with E-state index in [1.54, 1.807) is 17.8 Å². The summed E-state index contributed by atoms with van der Waals surface area (Å²) in [5, 5.41) is 1.88. The first kappa shape index (κ1) is 13.3. The lowest BCUT2D eigenvalue weighted by atomic mass is 10.2. The molecule has 0 saturated carbocycles. The van der Waals surface area contributed by atoms with Crippen LogP contribution in [-0.4, -0.2) is 0 Å². The summed E-state index contributed by atoms with van der Waals surface area (Å²) in [5.41, 5.74) is 0.878. The second kappa shape index (κ2) is 6.12. The molecule has 0 spiro atoms. The summed E-state index contributed by atoms with van der Waals surface area (Å²) in [6, 6.07) is 5.92. The average Bonchev–Trinajstić information content (AvgIpc) is 2.31. The number of benzene rings is 1. The Morgan fingerprint density at radius 3 is 2.53 bits per heavy atom. The van der Waals surface area contributed by atoms with Crippen molar-refractivity contribution in [3.63, 3.8) is 0 Å². The number of hydrogen-bond acceptors (Lipinski definition) is 1. The predicted molar refractivity (Wildman–Crippen MR) is 80.2 cm³/mol. The summed E-state index contributed by atoms with van der Waals surface area (Å²) in [6.07, 6.45) is 5.45. The van der Waals surface area contributed by atoms with Crippen molar-refractivity contribution in [2.24, 2.45) is 0 Å². The fourth-order valence-corrected chi connectivity index (χ4v) is 2.05. The molecule has 0 amide bonds. The SMILES string of the molecule is C=C/C=C\C(=C)C(=C)Sc1cccc(=C)c1=C. The van der Waals surface area contributed by atoms with Crippen LogP contribution in [0.25, 0.3) is 13.2 Å². The van der Waals surface area contributed by atoms with Gasteiger partial charge >= 0.3 is 0 Å². The second-order valence-corrected chi connectivity index (χ2v) is 4.68. The van der Waals surface area contributed by atoms with E-state index in [0.717, 1.165) is 25.8 Å². The van der Waals surface area contributed by atoms with E-state index in [4.69, 9.17) is 0 Å². The van der Waals surface area contributed by atoms with Gasteiger partial charge < -0.3 is 0 Å². The van der Waals surface area contributed by atoms with Gasteiger partial charge in [0.25, 0.3) is 0 Å². The van der Waals surface area contributed by atoms with Crippen molar-refractivity contribution in [1.29, 1.82) is 0 Å². The molecule has 0 fully saturated rings. The number of thioether (sulfide) groups is 1. The highest BCUT2D eigenvalue weighted by atomic mass is 32.2. The zero-order valence-electron chi connectivity index (χ0n) is 9.91. The first-order chi connectivity index (χ1) is 8.06. The monoisotopic (exact) mass is 240 g/mol. The summed E-state index contributed by atoms with van der Waals surface area (Å²) in [7, 11) is 0. The molecule has 1 aromatic carbocycles. The number of rotatable bonds is 5. The highest BCUT2D eigenvalue weighted by Gasteiger charge is 2.01. The van der Waals surface area contributed by atoms with Gasteiger partial charge in [-0.3, -0.25) is 0 Å². The summed E-state index contributed by atoms with van der Waals surface area (Å²) < 4.78 is 0. The normalized spacial score (nSPS) is 10.4. The van der Waals surface area contributed by atoms with Crippen LogP contribution in [0.3, 0.4) is 0 Å². The van der Waals surface area contributed by atoms with Crippen LogP contribution < -0.4 is 10.4 Å². The van der Waals surface area contributed by atoms with E-state index in [0.29, 0.717) is 0 Å². The van der Waals surface area contributed by atoms with E-state index in [9.17, 15) is 0 Å². The van der Waals surface area contributed by atoms with Crippen LogP contribution in [0, 0.1) is 0 Å². The second-order valence-electron chi connectivity index (χ2n) is 3.54. The lowest BCUT2D eigenvalue weighted by molar-refractivity contribution is 1.35. The fourth-order valence-electron chi connectivity index (χ4n) is 1.18. The van der Waals surface area contributed by atoms with Crippen LogP contribution in [-0.2, 0) is 0 Å². The molecule has 0 radical (unpaired) electrons. The van der Waals surface area contributed by atoms with Gasteiger partial charge in [-0.15, -0.1) is 0 Å². The maximum atomic E-state index is 4.01. The smallest absolute Gasteiger partial charge is 0.0194 e. The minimum Gasteiger partial charge on any atom is -0.0991 e. The van der Waals surface area contributed by atoms with E-state index >= 15 is 0 Å². The molecule has 0 aliphatic carbocycles. The molecule has 0 aromatic heterocycles. The molecule has 17 heavy (non-hydrogen) atoms. The molecular formula is C16H16S. The number of allylic oxidation sites excluding steroid dienone is 4. The largest absolute Gasteiger partial charge is 0.0991 e. The van der Waals surface area contributed by atoms with Crippen LogP contribution in [0.15, 0.2) is 71.5 Å². The Labute approximate surface area is 107 Å². The van der Waals surface area contributed by atoms with E-state index in [1.165, 1.54) is 0 Å². The van der Waals surface area contributed by atoms with Crippen LogP contribution in [0.5, 0.6) is 0 Å². The van der Waals surface area contributed by atoms with Crippen molar-refractivity contribution in [1.82, 2.24) is 0 Å². The summed E-state index contributed by atoms with van der Waals surface area (Å²) >= 11 is 1.56. The molecule has 0 atom stereocenters. The van der Waals surface area contributed by atoms with Gasteiger partial charge in [0.15, 0.2) is 0 Å². The topological polar surface area (TPSA) is 0 Å². The Balaban J connectivity index is 2.89. The van der Waals surface area contributed by atoms with Crippen molar-refractivity contribution in [3.8, 4) is 0 Å². The Morgan fingerprint density at radius 1 is 1.18 bits per heavy atom. The lowest BCUT2D eigenvalue weighted by Crippen LogP contribution is -2.22. The molecule has 0 nitrogen and oxygen atoms in total. The van der Waals surface area contributed by atoms with Crippen molar-refractivity contribution >= 4 is 24.9 Å².